The van der Waals surface area contributed by atoms with Crippen LogP contribution >= 0.6 is 0 Å². The van der Waals surface area contributed by atoms with Crippen LogP contribution < -0.4 is 11.1 Å². The summed E-state index contributed by atoms with van der Waals surface area (Å²) >= 11 is 0. The van der Waals surface area contributed by atoms with Gasteiger partial charge in [-0.1, -0.05) is 48.5 Å². The lowest BCUT2D eigenvalue weighted by Crippen LogP contribution is -2.44. The van der Waals surface area contributed by atoms with E-state index >= 15 is 0 Å². The Balaban J connectivity index is 2.01. The standard InChI is InChI=1S/C18H20N2O/c1-18(2,11-16(19)21)20-17-14-9-5-3-7-12(14)13-8-4-6-10-15(13)17/h3-10,17,20H,11H2,1-2H3,(H2,19,21). The molecule has 0 saturated heterocycles. The molecule has 3 rings (SSSR count). The van der Waals surface area contributed by atoms with Gasteiger partial charge in [-0.15, -0.1) is 0 Å². The molecule has 1 amide bonds. The van der Waals surface area contributed by atoms with Crippen molar-refractivity contribution >= 4 is 5.91 Å². The van der Waals surface area contributed by atoms with Crippen molar-refractivity contribution in [2.45, 2.75) is 31.8 Å². The van der Waals surface area contributed by atoms with E-state index in [1.165, 1.54) is 22.3 Å². The maximum atomic E-state index is 11.3. The van der Waals surface area contributed by atoms with Crippen molar-refractivity contribution in [3.63, 3.8) is 0 Å². The largest absolute Gasteiger partial charge is 0.370 e. The van der Waals surface area contributed by atoms with Crippen LogP contribution in [0.2, 0.25) is 0 Å². The summed E-state index contributed by atoms with van der Waals surface area (Å²) in [4.78, 5) is 11.3. The van der Waals surface area contributed by atoms with Crippen molar-refractivity contribution in [2.24, 2.45) is 5.73 Å². The van der Waals surface area contributed by atoms with Gasteiger partial charge in [-0.3, -0.25) is 4.79 Å². The van der Waals surface area contributed by atoms with Crippen molar-refractivity contribution in [3.05, 3.63) is 59.7 Å². The van der Waals surface area contributed by atoms with E-state index in [4.69, 9.17) is 5.73 Å². The van der Waals surface area contributed by atoms with Crippen molar-refractivity contribution < 1.29 is 4.79 Å². The Morgan fingerprint density at radius 2 is 1.52 bits per heavy atom. The minimum atomic E-state index is -0.346. The van der Waals surface area contributed by atoms with Crippen molar-refractivity contribution in [1.29, 1.82) is 0 Å². The molecule has 0 fully saturated rings. The molecule has 21 heavy (non-hydrogen) atoms. The average Bonchev–Trinajstić information content (AvgIpc) is 2.72. The smallest absolute Gasteiger partial charge is 0.219 e. The van der Waals surface area contributed by atoms with Crippen LogP contribution in [0.15, 0.2) is 48.5 Å². The maximum absolute atomic E-state index is 11.3. The van der Waals surface area contributed by atoms with E-state index in [1.807, 2.05) is 13.8 Å². The second-order valence-electron chi connectivity index (χ2n) is 6.28. The van der Waals surface area contributed by atoms with Gasteiger partial charge in [-0.05, 0) is 36.1 Å². The SMILES string of the molecule is CC(C)(CC(N)=O)NC1c2ccccc2-c2ccccc21. The Morgan fingerprint density at radius 3 is 2.00 bits per heavy atom. The quantitative estimate of drug-likeness (QED) is 0.904. The summed E-state index contributed by atoms with van der Waals surface area (Å²) in [6.45, 7) is 4.03. The Morgan fingerprint density at radius 1 is 1.05 bits per heavy atom. The van der Waals surface area contributed by atoms with Crippen LogP contribution in [0.3, 0.4) is 0 Å². The predicted molar refractivity (Wildman–Crippen MR) is 84.7 cm³/mol. The molecule has 0 radical (unpaired) electrons. The van der Waals surface area contributed by atoms with E-state index in [1.54, 1.807) is 0 Å². The summed E-state index contributed by atoms with van der Waals surface area (Å²) in [7, 11) is 0. The third-order valence-corrected chi connectivity index (χ3v) is 3.99. The molecule has 0 saturated carbocycles. The van der Waals surface area contributed by atoms with E-state index in [0.717, 1.165) is 0 Å². The molecular formula is C18H20N2O. The monoisotopic (exact) mass is 280 g/mol. The highest BCUT2D eigenvalue weighted by Gasteiger charge is 2.32. The molecule has 2 aromatic carbocycles. The minimum absolute atomic E-state index is 0.103. The summed E-state index contributed by atoms with van der Waals surface area (Å²) in [6, 6.07) is 16.9. The third-order valence-electron chi connectivity index (χ3n) is 3.99. The number of nitrogens with one attached hydrogen (secondary N) is 1. The number of amides is 1. The highest BCUT2D eigenvalue weighted by atomic mass is 16.1. The van der Waals surface area contributed by atoms with Crippen molar-refractivity contribution in [3.8, 4) is 11.1 Å². The Labute approximate surface area is 125 Å². The first-order valence-corrected chi connectivity index (χ1v) is 7.22. The van der Waals surface area contributed by atoms with E-state index in [9.17, 15) is 4.79 Å². The minimum Gasteiger partial charge on any atom is -0.370 e. The number of nitrogens with two attached hydrogens (primary N) is 1. The summed E-state index contributed by atoms with van der Waals surface area (Å²) < 4.78 is 0. The van der Waals surface area contributed by atoms with Crippen LogP contribution in [-0.2, 0) is 4.79 Å². The van der Waals surface area contributed by atoms with Crippen LogP contribution in [0.1, 0.15) is 37.4 Å². The molecule has 2 aromatic rings. The maximum Gasteiger partial charge on any atom is 0.219 e. The molecule has 0 bridgehead atoms. The summed E-state index contributed by atoms with van der Waals surface area (Å²) in [5.74, 6) is -0.285. The third kappa shape index (κ3) is 2.57. The van der Waals surface area contributed by atoms with Gasteiger partial charge in [0.1, 0.15) is 0 Å². The number of hydrogen-bond acceptors (Lipinski definition) is 2. The van der Waals surface area contributed by atoms with Gasteiger partial charge in [0.2, 0.25) is 5.91 Å². The van der Waals surface area contributed by atoms with E-state index in [2.05, 4.69) is 53.8 Å². The zero-order valence-corrected chi connectivity index (χ0v) is 12.4. The highest BCUT2D eigenvalue weighted by Crippen LogP contribution is 2.43. The molecule has 0 atom stereocenters. The van der Waals surface area contributed by atoms with Crippen molar-refractivity contribution in [1.82, 2.24) is 5.32 Å². The number of primary amides is 1. The highest BCUT2D eigenvalue weighted by molar-refractivity contribution is 5.79. The molecule has 0 aromatic heterocycles. The lowest BCUT2D eigenvalue weighted by atomic mass is 9.95. The van der Waals surface area contributed by atoms with Gasteiger partial charge in [0.15, 0.2) is 0 Å². The first-order valence-electron chi connectivity index (χ1n) is 7.22. The normalized spacial score (nSPS) is 13.8. The first kappa shape index (κ1) is 13.8. The van der Waals surface area contributed by atoms with Gasteiger partial charge < -0.3 is 11.1 Å². The molecule has 3 N–H and O–H groups in total. The fourth-order valence-electron chi connectivity index (χ4n) is 3.19. The summed E-state index contributed by atoms with van der Waals surface area (Å²) in [5, 5.41) is 3.60. The Bertz CT molecular complexity index is 646. The second-order valence-corrected chi connectivity index (χ2v) is 6.28. The number of carbonyl (C=O) groups is 1. The zero-order valence-electron chi connectivity index (χ0n) is 12.4. The van der Waals surface area contributed by atoms with Crippen LogP contribution in [0.25, 0.3) is 11.1 Å². The van der Waals surface area contributed by atoms with Crippen LogP contribution in [0.4, 0.5) is 0 Å². The van der Waals surface area contributed by atoms with Gasteiger partial charge in [0.25, 0.3) is 0 Å². The second kappa shape index (κ2) is 5.01. The topological polar surface area (TPSA) is 55.1 Å². The molecule has 0 unspecified atom stereocenters. The predicted octanol–water partition coefficient (Wildman–Crippen LogP) is 3.00. The van der Waals surface area contributed by atoms with Gasteiger partial charge in [0, 0.05) is 12.0 Å². The number of benzene rings is 2. The lowest BCUT2D eigenvalue weighted by Gasteiger charge is -2.30. The summed E-state index contributed by atoms with van der Waals surface area (Å²) in [5.41, 5.74) is 10.1. The lowest BCUT2D eigenvalue weighted by molar-refractivity contribution is -0.119. The molecule has 3 nitrogen and oxygen atoms in total. The fourth-order valence-corrected chi connectivity index (χ4v) is 3.19. The zero-order chi connectivity index (χ0) is 15.0. The molecular weight excluding hydrogens is 260 g/mol. The molecule has 0 aliphatic heterocycles. The molecule has 3 heteroatoms. The molecule has 1 aliphatic rings. The number of rotatable bonds is 4. The Hall–Kier alpha value is -2.13. The number of fused-ring (bicyclic) bond motifs is 3. The molecule has 1 aliphatic carbocycles. The molecule has 0 heterocycles. The number of carbonyl (C=O) groups excluding carboxylic acids is 1. The van der Waals surface area contributed by atoms with E-state index < -0.39 is 0 Å². The molecule has 0 spiro atoms. The first-order chi connectivity index (χ1) is 9.98. The van der Waals surface area contributed by atoms with Crippen molar-refractivity contribution in [2.75, 3.05) is 0 Å². The number of hydrogen-bond donors (Lipinski definition) is 2. The van der Waals surface area contributed by atoms with Gasteiger partial charge in [0.05, 0.1) is 6.04 Å². The van der Waals surface area contributed by atoms with Gasteiger partial charge in [-0.25, -0.2) is 0 Å². The summed E-state index contributed by atoms with van der Waals surface area (Å²) in [6.07, 6.45) is 0.313. The van der Waals surface area contributed by atoms with E-state index in [0.29, 0.717) is 6.42 Å². The van der Waals surface area contributed by atoms with Gasteiger partial charge >= 0.3 is 0 Å². The Kier molecular flexibility index (Phi) is 3.30. The fraction of sp³-hybridized carbons (Fsp3) is 0.278. The van der Waals surface area contributed by atoms with Crippen LogP contribution in [0, 0.1) is 0 Å². The van der Waals surface area contributed by atoms with Crippen LogP contribution in [-0.4, -0.2) is 11.4 Å². The van der Waals surface area contributed by atoms with Gasteiger partial charge in [-0.2, -0.15) is 0 Å². The van der Waals surface area contributed by atoms with E-state index in [-0.39, 0.29) is 17.5 Å². The average molecular weight is 280 g/mol. The molecule has 108 valence electrons. The van der Waals surface area contributed by atoms with Crippen LogP contribution in [0.5, 0.6) is 0 Å².